The van der Waals surface area contributed by atoms with Crippen LogP contribution in [-0.2, 0) is 11.3 Å². The van der Waals surface area contributed by atoms with E-state index >= 15 is 0 Å². The lowest BCUT2D eigenvalue weighted by Gasteiger charge is -2.06. The van der Waals surface area contributed by atoms with Gasteiger partial charge in [0.1, 0.15) is 4.88 Å². The van der Waals surface area contributed by atoms with E-state index in [-0.39, 0.29) is 5.97 Å². The Hall–Kier alpha value is -1.62. The number of rotatable bonds is 3. The summed E-state index contributed by atoms with van der Waals surface area (Å²) in [5, 5.41) is 6.19. The van der Waals surface area contributed by atoms with E-state index in [2.05, 4.69) is 5.10 Å². The molecule has 0 radical (unpaired) electrons. The predicted octanol–water partition coefficient (Wildman–Crippen LogP) is 2.73. The maximum Gasteiger partial charge on any atom is 0.348 e. The van der Waals surface area contributed by atoms with Gasteiger partial charge < -0.3 is 4.74 Å². The molecule has 2 rings (SSSR count). The zero-order valence-electron chi connectivity index (χ0n) is 10.1. The van der Waals surface area contributed by atoms with E-state index < -0.39 is 0 Å². The molecule has 0 amide bonds. The van der Waals surface area contributed by atoms with Crippen molar-refractivity contribution in [2.24, 2.45) is 0 Å². The van der Waals surface area contributed by atoms with Gasteiger partial charge in [-0.15, -0.1) is 11.3 Å². The third-order valence-electron chi connectivity index (χ3n) is 2.62. The van der Waals surface area contributed by atoms with Crippen LogP contribution in [0.3, 0.4) is 0 Å². The van der Waals surface area contributed by atoms with Crippen LogP contribution in [-0.4, -0.2) is 22.9 Å². The smallest absolute Gasteiger partial charge is 0.348 e. The van der Waals surface area contributed by atoms with Gasteiger partial charge in [-0.2, -0.15) is 5.10 Å². The minimum Gasteiger partial charge on any atom is -0.465 e. The summed E-state index contributed by atoms with van der Waals surface area (Å²) in [7, 11) is 1.40. The number of nitrogens with zero attached hydrogens (tertiary/aromatic N) is 2. The first kappa shape index (κ1) is 11.9. The zero-order valence-corrected chi connectivity index (χ0v) is 10.9. The summed E-state index contributed by atoms with van der Waals surface area (Å²) in [6, 6.07) is 1.92. The highest BCUT2D eigenvalue weighted by Crippen LogP contribution is 2.32. The number of hydrogen-bond donors (Lipinski definition) is 0. The van der Waals surface area contributed by atoms with Crippen molar-refractivity contribution < 1.29 is 9.53 Å². The lowest BCUT2D eigenvalue weighted by molar-refractivity contribution is 0.0607. The van der Waals surface area contributed by atoms with Crippen molar-refractivity contribution in [3.8, 4) is 11.3 Å². The average Bonchev–Trinajstić information content (AvgIpc) is 2.93. The van der Waals surface area contributed by atoms with Crippen LogP contribution in [0.15, 0.2) is 17.6 Å². The van der Waals surface area contributed by atoms with E-state index in [0.717, 1.165) is 23.4 Å². The molecule has 2 heterocycles. The van der Waals surface area contributed by atoms with Crippen molar-refractivity contribution >= 4 is 17.3 Å². The Balaban J connectivity index is 2.58. The summed E-state index contributed by atoms with van der Waals surface area (Å²) < 4.78 is 6.68. The van der Waals surface area contributed by atoms with Gasteiger partial charge in [-0.1, -0.05) is 0 Å². The molecule has 0 aromatic carbocycles. The predicted molar refractivity (Wildman–Crippen MR) is 67.3 cm³/mol. The minimum atomic E-state index is -0.290. The molecule has 0 bridgehead atoms. The second kappa shape index (κ2) is 4.71. The Morgan fingerprint density at radius 2 is 2.35 bits per heavy atom. The van der Waals surface area contributed by atoms with Crippen molar-refractivity contribution in [2.45, 2.75) is 20.4 Å². The quantitative estimate of drug-likeness (QED) is 0.787. The van der Waals surface area contributed by atoms with Crippen molar-refractivity contribution in [3.63, 3.8) is 0 Å². The van der Waals surface area contributed by atoms with Crippen molar-refractivity contribution in [3.05, 3.63) is 28.1 Å². The summed E-state index contributed by atoms with van der Waals surface area (Å²) in [5.74, 6) is -0.290. The highest BCUT2D eigenvalue weighted by atomic mass is 32.1. The molecule has 4 nitrogen and oxygen atoms in total. The molecule has 0 spiro atoms. The monoisotopic (exact) mass is 250 g/mol. The maximum atomic E-state index is 11.7. The molecule has 0 saturated heterocycles. The SMILES string of the molecule is CCn1nccc1-c1c(C)csc1C(=O)OC. The second-order valence-electron chi connectivity index (χ2n) is 3.65. The van der Waals surface area contributed by atoms with Crippen LogP contribution in [0.1, 0.15) is 22.2 Å². The van der Waals surface area contributed by atoms with E-state index in [1.807, 2.05) is 30.0 Å². The fraction of sp³-hybridized carbons (Fsp3) is 0.333. The van der Waals surface area contributed by atoms with Gasteiger partial charge in [-0.3, -0.25) is 4.68 Å². The Labute approximate surface area is 104 Å². The molecule has 2 aromatic heterocycles. The maximum absolute atomic E-state index is 11.7. The zero-order chi connectivity index (χ0) is 12.4. The van der Waals surface area contributed by atoms with Gasteiger partial charge in [0.15, 0.2) is 0 Å². The number of aromatic nitrogens is 2. The van der Waals surface area contributed by atoms with E-state index in [1.165, 1.54) is 18.4 Å². The number of ether oxygens (including phenoxy) is 1. The molecule has 90 valence electrons. The summed E-state index contributed by atoms with van der Waals surface area (Å²) in [6.45, 7) is 4.79. The average molecular weight is 250 g/mol. The van der Waals surface area contributed by atoms with Gasteiger partial charge in [-0.05, 0) is 30.9 Å². The van der Waals surface area contributed by atoms with Gasteiger partial charge >= 0.3 is 5.97 Å². The highest BCUT2D eigenvalue weighted by molar-refractivity contribution is 7.12. The highest BCUT2D eigenvalue weighted by Gasteiger charge is 2.20. The lowest BCUT2D eigenvalue weighted by atomic mass is 10.1. The van der Waals surface area contributed by atoms with E-state index in [4.69, 9.17) is 4.74 Å². The Kier molecular flexibility index (Phi) is 3.28. The van der Waals surface area contributed by atoms with Crippen LogP contribution in [0.5, 0.6) is 0 Å². The molecule has 0 aliphatic rings. The summed E-state index contributed by atoms with van der Waals surface area (Å²) in [4.78, 5) is 12.3. The first-order chi connectivity index (χ1) is 8.19. The first-order valence-electron chi connectivity index (χ1n) is 5.37. The molecule has 0 saturated carbocycles. The Bertz CT molecular complexity index is 542. The second-order valence-corrected chi connectivity index (χ2v) is 4.53. The van der Waals surface area contributed by atoms with Gasteiger partial charge in [0.25, 0.3) is 0 Å². The Morgan fingerprint density at radius 3 is 3.00 bits per heavy atom. The van der Waals surface area contributed by atoms with Gasteiger partial charge in [0.2, 0.25) is 0 Å². The van der Waals surface area contributed by atoms with Gasteiger partial charge in [0.05, 0.1) is 12.8 Å². The fourth-order valence-corrected chi connectivity index (χ4v) is 2.78. The van der Waals surface area contributed by atoms with Crippen molar-refractivity contribution in [1.82, 2.24) is 9.78 Å². The molecule has 0 fully saturated rings. The molecule has 0 aliphatic heterocycles. The summed E-state index contributed by atoms with van der Waals surface area (Å²) in [6.07, 6.45) is 1.75. The number of hydrogen-bond acceptors (Lipinski definition) is 4. The van der Waals surface area contributed by atoms with E-state index in [9.17, 15) is 4.79 Å². The lowest BCUT2D eigenvalue weighted by Crippen LogP contribution is -2.04. The minimum absolute atomic E-state index is 0.290. The van der Waals surface area contributed by atoms with Crippen molar-refractivity contribution in [2.75, 3.05) is 7.11 Å². The van der Waals surface area contributed by atoms with Gasteiger partial charge in [-0.25, -0.2) is 4.79 Å². The standard InChI is InChI=1S/C12H14N2O2S/c1-4-14-9(5-6-13-14)10-8(2)7-17-11(10)12(15)16-3/h5-7H,4H2,1-3H3. The molecule has 0 unspecified atom stereocenters. The van der Waals surface area contributed by atoms with Crippen LogP contribution >= 0.6 is 11.3 Å². The third-order valence-corrected chi connectivity index (χ3v) is 3.70. The molecule has 2 aromatic rings. The Morgan fingerprint density at radius 1 is 1.59 bits per heavy atom. The van der Waals surface area contributed by atoms with E-state index in [0.29, 0.717) is 4.88 Å². The summed E-state index contributed by atoms with van der Waals surface area (Å²) >= 11 is 1.41. The van der Waals surface area contributed by atoms with E-state index in [1.54, 1.807) is 6.20 Å². The van der Waals surface area contributed by atoms with Crippen molar-refractivity contribution in [1.29, 1.82) is 0 Å². The number of carbonyl (C=O) groups excluding carboxylic acids is 1. The fourth-order valence-electron chi connectivity index (χ4n) is 1.80. The number of thiophene rings is 1. The third kappa shape index (κ3) is 1.98. The molecule has 0 atom stereocenters. The number of carbonyl (C=O) groups is 1. The largest absolute Gasteiger partial charge is 0.465 e. The molecule has 5 heteroatoms. The number of aryl methyl sites for hydroxylation is 2. The molecule has 0 N–H and O–H groups in total. The summed E-state index contributed by atoms with van der Waals surface area (Å²) in [5.41, 5.74) is 2.97. The number of methoxy groups -OCH3 is 1. The van der Waals surface area contributed by atoms with Crippen LogP contribution in [0.25, 0.3) is 11.3 Å². The van der Waals surface area contributed by atoms with Crippen LogP contribution in [0.4, 0.5) is 0 Å². The first-order valence-corrected chi connectivity index (χ1v) is 6.25. The molecule has 17 heavy (non-hydrogen) atoms. The normalized spacial score (nSPS) is 10.5. The molecule has 0 aliphatic carbocycles. The molecular formula is C12H14N2O2S. The van der Waals surface area contributed by atoms with Crippen LogP contribution < -0.4 is 0 Å². The topological polar surface area (TPSA) is 44.1 Å². The van der Waals surface area contributed by atoms with Crippen LogP contribution in [0, 0.1) is 6.92 Å². The van der Waals surface area contributed by atoms with Crippen LogP contribution in [0.2, 0.25) is 0 Å². The van der Waals surface area contributed by atoms with Gasteiger partial charge in [0, 0.05) is 18.3 Å². The molecular weight excluding hydrogens is 236 g/mol. The number of esters is 1.